The lowest BCUT2D eigenvalue weighted by atomic mass is 10.1. The fourth-order valence-electron chi connectivity index (χ4n) is 3.25. The molecule has 0 aliphatic rings. The third-order valence-corrected chi connectivity index (χ3v) is 4.70. The van der Waals surface area contributed by atoms with Gasteiger partial charge in [0.25, 0.3) is 0 Å². The van der Waals surface area contributed by atoms with Crippen molar-refractivity contribution >= 4 is 17.0 Å². The van der Waals surface area contributed by atoms with Gasteiger partial charge < -0.3 is 14.5 Å². The van der Waals surface area contributed by atoms with E-state index < -0.39 is 5.76 Å². The van der Waals surface area contributed by atoms with E-state index in [2.05, 4.69) is 17.4 Å². The Hall–Kier alpha value is -3.02. The minimum absolute atomic E-state index is 0.0481. The number of nitrogens with zero attached hydrogens (tertiary/aromatic N) is 1. The van der Waals surface area contributed by atoms with Crippen molar-refractivity contribution in [1.82, 2.24) is 9.88 Å². The third-order valence-electron chi connectivity index (χ3n) is 4.70. The molecule has 0 aliphatic heterocycles. The topological polar surface area (TPSA) is 73.5 Å². The van der Waals surface area contributed by atoms with Crippen molar-refractivity contribution in [1.29, 1.82) is 0 Å². The van der Waals surface area contributed by atoms with E-state index in [1.165, 1.54) is 10.1 Å². The Labute approximate surface area is 170 Å². The molecular formula is C23H28N2O4. The number of aromatic nitrogens is 1. The highest BCUT2D eigenvalue weighted by molar-refractivity contribution is 5.77. The van der Waals surface area contributed by atoms with Gasteiger partial charge in [-0.1, -0.05) is 24.3 Å². The fourth-order valence-corrected chi connectivity index (χ4v) is 3.25. The van der Waals surface area contributed by atoms with Gasteiger partial charge in [0.2, 0.25) is 5.91 Å². The van der Waals surface area contributed by atoms with Gasteiger partial charge in [-0.3, -0.25) is 9.36 Å². The lowest BCUT2D eigenvalue weighted by Crippen LogP contribution is -2.34. The molecule has 3 rings (SSSR count). The highest BCUT2D eigenvalue weighted by Gasteiger charge is 2.12. The predicted molar refractivity (Wildman–Crippen MR) is 113 cm³/mol. The largest absolute Gasteiger partial charge is 0.491 e. The van der Waals surface area contributed by atoms with Gasteiger partial charge in [0, 0.05) is 19.0 Å². The summed E-state index contributed by atoms with van der Waals surface area (Å²) in [6, 6.07) is 15.3. The van der Waals surface area contributed by atoms with Crippen molar-refractivity contribution in [2.75, 3.05) is 0 Å². The second-order valence-electron chi connectivity index (χ2n) is 7.56. The molecule has 6 heteroatoms. The Bertz CT molecular complexity index is 1000. The van der Waals surface area contributed by atoms with Crippen LogP contribution in [0.25, 0.3) is 11.1 Å². The summed E-state index contributed by atoms with van der Waals surface area (Å²) >= 11 is 0. The van der Waals surface area contributed by atoms with Crippen LogP contribution in [0, 0.1) is 0 Å². The van der Waals surface area contributed by atoms with Gasteiger partial charge in [0.15, 0.2) is 5.58 Å². The molecule has 2 aromatic carbocycles. The van der Waals surface area contributed by atoms with Crippen LogP contribution < -0.4 is 15.8 Å². The van der Waals surface area contributed by atoms with Crippen molar-refractivity contribution in [3.63, 3.8) is 0 Å². The number of ether oxygens (including phenoxy) is 1. The van der Waals surface area contributed by atoms with Gasteiger partial charge in [-0.05, 0) is 63.4 Å². The van der Waals surface area contributed by atoms with E-state index in [4.69, 9.17) is 9.15 Å². The van der Waals surface area contributed by atoms with Crippen LogP contribution in [0.15, 0.2) is 57.7 Å². The number of aryl methyl sites for hydroxylation is 2. The number of para-hydroxylation sites is 2. The predicted octanol–water partition coefficient (Wildman–Crippen LogP) is 3.91. The fraction of sp³-hybridized carbons (Fsp3) is 0.391. The van der Waals surface area contributed by atoms with Crippen molar-refractivity contribution < 1.29 is 13.9 Å². The van der Waals surface area contributed by atoms with E-state index >= 15 is 0 Å². The zero-order valence-electron chi connectivity index (χ0n) is 17.2. The molecule has 1 atom stereocenters. The number of fused-ring (bicyclic) bond motifs is 1. The number of hydrogen-bond acceptors (Lipinski definition) is 4. The van der Waals surface area contributed by atoms with Crippen LogP contribution in [-0.2, 0) is 17.8 Å². The highest BCUT2D eigenvalue weighted by atomic mass is 16.5. The third kappa shape index (κ3) is 5.73. The van der Waals surface area contributed by atoms with Gasteiger partial charge in [-0.2, -0.15) is 0 Å². The van der Waals surface area contributed by atoms with E-state index in [-0.39, 0.29) is 24.5 Å². The van der Waals surface area contributed by atoms with E-state index in [1.54, 1.807) is 6.07 Å². The average molecular weight is 396 g/mol. The minimum atomic E-state index is -0.433. The molecule has 0 radical (unpaired) electrons. The molecule has 154 valence electrons. The molecule has 1 N–H and O–H groups in total. The average Bonchev–Trinajstić information content (AvgIpc) is 3.00. The summed E-state index contributed by atoms with van der Waals surface area (Å²) in [5, 5.41) is 3.01. The first-order valence-electron chi connectivity index (χ1n) is 10.1. The molecule has 3 aromatic rings. The highest BCUT2D eigenvalue weighted by Crippen LogP contribution is 2.15. The van der Waals surface area contributed by atoms with E-state index in [0.717, 1.165) is 18.6 Å². The molecule has 0 saturated heterocycles. The maximum Gasteiger partial charge on any atom is 0.419 e. The molecule has 0 aliphatic carbocycles. The van der Waals surface area contributed by atoms with E-state index in [9.17, 15) is 9.59 Å². The second kappa shape index (κ2) is 9.45. The van der Waals surface area contributed by atoms with Crippen LogP contribution in [-0.4, -0.2) is 22.6 Å². The molecule has 0 spiro atoms. The zero-order valence-corrected chi connectivity index (χ0v) is 17.2. The molecule has 29 heavy (non-hydrogen) atoms. The standard InChI is InChI=1S/C23H28N2O4/c1-16(2)28-19-12-10-18(11-13-19)9-8-17(3)24-22(26)14-15-25-20-6-4-5-7-21(20)29-23(25)27/h4-7,10-13,16-17H,8-9,14-15H2,1-3H3,(H,24,26). The Balaban J connectivity index is 1.45. The summed E-state index contributed by atoms with van der Waals surface area (Å²) < 4.78 is 12.3. The number of rotatable bonds is 9. The number of amides is 1. The van der Waals surface area contributed by atoms with Crippen LogP contribution in [0.2, 0.25) is 0 Å². The number of oxazole rings is 1. The summed E-state index contributed by atoms with van der Waals surface area (Å²) in [7, 11) is 0. The number of carbonyl (C=O) groups is 1. The molecule has 6 nitrogen and oxygen atoms in total. The van der Waals surface area contributed by atoms with Gasteiger partial charge >= 0.3 is 5.76 Å². The Morgan fingerprint density at radius 2 is 1.83 bits per heavy atom. The van der Waals surface area contributed by atoms with Crippen LogP contribution >= 0.6 is 0 Å². The van der Waals surface area contributed by atoms with Crippen molar-refractivity contribution in [3.05, 3.63) is 64.6 Å². The van der Waals surface area contributed by atoms with Crippen LogP contribution in [0.4, 0.5) is 0 Å². The molecule has 1 heterocycles. The van der Waals surface area contributed by atoms with Crippen LogP contribution in [0.5, 0.6) is 5.75 Å². The maximum atomic E-state index is 12.3. The monoisotopic (exact) mass is 396 g/mol. The van der Waals surface area contributed by atoms with Crippen molar-refractivity contribution in [2.45, 2.75) is 58.7 Å². The lowest BCUT2D eigenvalue weighted by Gasteiger charge is -2.14. The Morgan fingerprint density at radius 1 is 1.10 bits per heavy atom. The molecule has 0 fully saturated rings. The molecular weight excluding hydrogens is 368 g/mol. The van der Waals surface area contributed by atoms with Crippen molar-refractivity contribution in [2.24, 2.45) is 0 Å². The SMILES string of the molecule is CC(CCc1ccc(OC(C)C)cc1)NC(=O)CCn1c(=O)oc2ccccc21. The summed E-state index contributed by atoms with van der Waals surface area (Å²) in [5.41, 5.74) is 2.46. The van der Waals surface area contributed by atoms with Gasteiger partial charge in [-0.15, -0.1) is 0 Å². The molecule has 1 amide bonds. The Kier molecular flexibility index (Phi) is 6.75. The first-order chi connectivity index (χ1) is 13.9. The maximum absolute atomic E-state index is 12.3. The van der Waals surface area contributed by atoms with Gasteiger partial charge in [0.05, 0.1) is 11.6 Å². The first-order valence-corrected chi connectivity index (χ1v) is 10.1. The molecule has 1 aromatic heterocycles. The summed E-state index contributed by atoms with van der Waals surface area (Å²) in [6.45, 7) is 6.30. The minimum Gasteiger partial charge on any atom is -0.491 e. The number of nitrogens with one attached hydrogen (secondary N) is 1. The number of benzene rings is 2. The summed E-state index contributed by atoms with van der Waals surface area (Å²) in [6.07, 6.45) is 2.10. The van der Waals surface area contributed by atoms with E-state index in [1.807, 2.05) is 51.1 Å². The molecule has 0 bridgehead atoms. The first kappa shape index (κ1) is 20.7. The zero-order chi connectivity index (χ0) is 20.8. The van der Waals surface area contributed by atoms with Gasteiger partial charge in [-0.25, -0.2) is 4.79 Å². The number of carbonyl (C=O) groups excluding carboxylic acids is 1. The normalized spacial score (nSPS) is 12.3. The van der Waals surface area contributed by atoms with Crippen LogP contribution in [0.3, 0.4) is 0 Å². The summed E-state index contributed by atoms with van der Waals surface area (Å²) in [5.74, 6) is 0.361. The van der Waals surface area contributed by atoms with Crippen molar-refractivity contribution in [3.8, 4) is 5.75 Å². The van der Waals surface area contributed by atoms with Crippen LogP contribution in [0.1, 0.15) is 39.2 Å². The molecule has 1 unspecified atom stereocenters. The smallest absolute Gasteiger partial charge is 0.419 e. The van der Waals surface area contributed by atoms with E-state index in [0.29, 0.717) is 17.6 Å². The Morgan fingerprint density at radius 3 is 2.55 bits per heavy atom. The number of hydrogen-bond donors (Lipinski definition) is 1. The quantitative estimate of drug-likeness (QED) is 0.595. The summed E-state index contributed by atoms with van der Waals surface area (Å²) in [4.78, 5) is 24.3. The second-order valence-corrected chi connectivity index (χ2v) is 7.56. The van der Waals surface area contributed by atoms with Gasteiger partial charge in [0.1, 0.15) is 5.75 Å². The molecule has 0 saturated carbocycles. The lowest BCUT2D eigenvalue weighted by molar-refractivity contribution is -0.121.